The van der Waals surface area contributed by atoms with E-state index in [4.69, 9.17) is 9.47 Å². The van der Waals surface area contributed by atoms with E-state index in [0.29, 0.717) is 25.7 Å². The van der Waals surface area contributed by atoms with Crippen molar-refractivity contribution in [1.29, 1.82) is 0 Å². The van der Waals surface area contributed by atoms with Gasteiger partial charge in [0, 0.05) is 38.5 Å². The van der Waals surface area contributed by atoms with Crippen LogP contribution in [0.25, 0.3) is 0 Å². The summed E-state index contributed by atoms with van der Waals surface area (Å²) in [6.45, 7) is 8.27. The average molecular weight is 447 g/mol. The minimum atomic E-state index is -0.109. The van der Waals surface area contributed by atoms with Crippen LogP contribution < -0.4 is 0 Å². The quantitative estimate of drug-likeness (QED) is 0.135. The van der Waals surface area contributed by atoms with Gasteiger partial charge in [-0.25, -0.2) is 0 Å². The predicted molar refractivity (Wildman–Crippen MR) is 132 cm³/mol. The van der Waals surface area contributed by atoms with Crippen LogP contribution in [0.1, 0.15) is 130 Å². The molecule has 4 heteroatoms. The van der Waals surface area contributed by atoms with Gasteiger partial charge in [-0.15, -0.1) is 11.8 Å². The van der Waals surface area contributed by atoms with Crippen LogP contribution in [-0.2, 0) is 19.1 Å². The smallest absolute Gasteiger partial charge is 0.306 e. The van der Waals surface area contributed by atoms with Crippen molar-refractivity contribution in [2.45, 2.75) is 143 Å². The van der Waals surface area contributed by atoms with Crippen molar-refractivity contribution in [3.63, 3.8) is 0 Å². The molecule has 0 aromatic heterocycles. The topological polar surface area (TPSA) is 52.6 Å². The van der Waals surface area contributed by atoms with Crippen molar-refractivity contribution in [3.05, 3.63) is 0 Å². The van der Waals surface area contributed by atoms with Crippen LogP contribution in [0.4, 0.5) is 0 Å². The standard InChI is InChI=1S/C28H46O4/c1-5-9-11-17-21-25(7-3)31-27(29)23-19-15-13-14-16-20-24-28(30)32-26(8-4)22-18-12-10-6-2/h25-26H,5-10,13-16,19-24H2,1-4H3. The molecule has 0 aromatic rings. The molecule has 0 aliphatic carbocycles. The Labute approximate surface area is 197 Å². The molecule has 0 saturated heterocycles. The van der Waals surface area contributed by atoms with Crippen molar-refractivity contribution >= 4 is 11.9 Å². The van der Waals surface area contributed by atoms with Crippen molar-refractivity contribution in [2.24, 2.45) is 0 Å². The van der Waals surface area contributed by atoms with Gasteiger partial charge in [0.2, 0.25) is 0 Å². The minimum absolute atomic E-state index is 0.0812. The van der Waals surface area contributed by atoms with Crippen molar-refractivity contribution in [2.75, 3.05) is 0 Å². The van der Waals surface area contributed by atoms with Gasteiger partial charge < -0.3 is 9.47 Å². The van der Waals surface area contributed by atoms with E-state index < -0.39 is 0 Å². The molecule has 0 spiro atoms. The maximum absolute atomic E-state index is 12.0. The molecule has 0 fully saturated rings. The van der Waals surface area contributed by atoms with Crippen LogP contribution in [0.15, 0.2) is 0 Å². The second kappa shape index (κ2) is 22.3. The highest BCUT2D eigenvalue weighted by atomic mass is 16.5. The Bertz CT molecular complexity index is 548. The Morgan fingerprint density at radius 3 is 1.31 bits per heavy atom. The summed E-state index contributed by atoms with van der Waals surface area (Å²) in [5, 5.41) is 0. The fourth-order valence-corrected chi connectivity index (χ4v) is 3.07. The first-order valence-corrected chi connectivity index (χ1v) is 12.9. The molecular weight excluding hydrogens is 400 g/mol. The van der Waals surface area contributed by atoms with Gasteiger partial charge in [0.25, 0.3) is 0 Å². The molecule has 32 heavy (non-hydrogen) atoms. The number of rotatable bonds is 17. The number of carbonyl (C=O) groups excluding carboxylic acids is 2. The molecule has 0 radical (unpaired) electrons. The summed E-state index contributed by atoms with van der Waals surface area (Å²) >= 11 is 0. The lowest BCUT2D eigenvalue weighted by atomic mass is 10.1. The van der Waals surface area contributed by atoms with Gasteiger partial charge in [-0.05, 0) is 38.5 Å². The zero-order valence-electron chi connectivity index (χ0n) is 21.1. The third-order valence-corrected chi connectivity index (χ3v) is 5.18. The first kappa shape index (κ1) is 30.1. The second-order valence-corrected chi connectivity index (χ2v) is 8.28. The van der Waals surface area contributed by atoms with Crippen molar-refractivity contribution < 1.29 is 19.1 Å². The minimum Gasteiger partial charge on any atom is -0.461 e. The molecule has 182 valence electrons. The second-order valence-electron chi connectivity index (χ2n) is 8.28. The van der Waals surface area contributed by atoms with E-state index in [2.05, 4.69) is 37.5 Å². The fraction of sp³-hybridized carbons (Fsp3) is 0.786. The van der Waals surface area contributed by atoms with Crippen LogP contribution in [0.5, 0.6) is 0 Å². The lowest BCUT2D eigenvalue weighted by molar-refractivity contribution is -0.150. The third-order valence-electron chi connectivity index (χ3n) is 5.18. The lowest BCUT2D eigenvalue weighted by Crippen LogP contribution is -2.16. The van der Waals surface area contributed by atoms with Gasteiger partial charge in [-0.1, -0.05) is 65.2 Å². The van der Waals surface area contributed by atoms with Crippen LogP contribution >= 0.6 is 0 Å². The number of unbranched alkanes of at least 4 members (excludes halogenated alkanes) is 7. The predicted octanol–water partition coefficient (Wildman–Crippen LogP) is 7.14. The van der Waals surface area contributed by atoms with Gasteiger partial charge in [0.15, 0.2) is 0 Å². The van der Waals surface area contributed by atoms with E-state index in [0.717, 1.165) is 77.0 Å². The molecule has 4 nitrogen and oxygen atoms in total. The monoisotopic (exact) mass is 446 g/mol. The van der Waals surface area contributed by atoms with E-state index in [-0.39, 0.29) is 24.1 Å². The molecule has 0 rings (SSSR count). The summed E-state index contributed by atoms with van der Waals surface area (Å²) in [5.74, 6) is 12.2. The van der Waals surface area contributed by atoms with E-state index in [1.807, 2.05) is 13.8 Å². The molecule has 2 unspecified atom stereocenters. The zero-order chi connectivity index (χ0) is 23.9. The first-order valence-electron chi connectivity index (χ1n) is 12.9. The molecule has 0 aromatic carbocycles. The number of hydrogen-bond donors (Lipinski definition) is 0. The number of esters is 2. The highest BCUT2D eigenvalue weighted by Crippen LogP contribution is 2.12. The van der Waals surface area contributed by atoms with Crippen LogP contribution in [0, 0.1) is 23.7 Å². The Hall–Kier alpha value is -1.94. The van der Waals surface area contributed by atoms with Gasteiger partial charge in [-0.2, -0.15) is 0 Å². The average Bonchev–Trinajstić information content (AvgIpc) is 2.79. The molecule has 0 aliphatic heterocycles. The fourth-order valence-electron chi connectivity index (χ4n) is 3.07. The highest BCUT2D eigenvalue weighted by Gasteiger charge is 2.12. The first-order chi connectivity index (χ1) is 15.6. The Morgan fingerprint density at radius 2 is 0.969 bits per heavy atom. The molecule has 0 aliphatic rings. The molecular formula is C28H46O4. The van der Waals surface area contributed by atoms with Crippen molar-refractivity contribution in [3.8, 4) is 23.7 Å². The van der Waals surface area contributed by atoms with Gasteiger partial charge >= 0.3 is 11.9 Å². The maximum atomic E-state index is 12.0. The normalized spacial score (nSPS) is 12.0. The summed E-state index contributed by atoms with van der Waals surface area (Å²) in [5.41, 5.74) is 0. The van der Waals surface area contributed by atoms with Crippen molar-refractivity contribution in [1.82, 2.24) is 0 Å². The number of carbonyl (C=O) groups is 2. The van der Waals surface area contributed by atoms with Crippen LogP contribution in [-0.4, -0.2) is 24.1 Å². The van der Waals surface area contributed by atoms with E-state index in [9.17, 15) is 9.59 Å². The van der Waals surface area contributed by atoms with Gasteiger partial charge in [0.1, 0.15) is 12.2 Å². The van der Waals surface area contributed by atoms with Gasteiger partial charge in [-0.3, -0.25) is 9.59 Å². The van der Waals surface area contributed by atoms with Gasteiger partial charge in [0.05, 0.1) is 0 Å². The summed E-state index contributed by atoms with van der Waals surface area (Å²) in [7, 11) is 0. The van der Waals surface area contributed by atoms with Crippen LogP contribution in [0.3, 0.4) is 0 Å². The molecule has 0 N–H and O–H groups in total. The SMILES string of the molecule is CCCC#CCC(CC)OC(=O)CCCCCCCCC(=O)OC(CC)CC#CCCC. The maximum Gasteiger partial charge on any atom is 0.306 e. The zero-order valence-corrected chi connectivity index (χ0v) is 21.1. The Morgan fingerprint density at radius 1 is 0.594 bits per heavy atom. The third kappa shape index (κ3) is 18.8. The Balaban J connectivity index is 3.76. The number of ether oxygens (including phenoxy) is 2. The van der Waals surface area contributed by atoms with E-state index in [1.54, 1.807) is 0 Å². The van der Waals surface area contributed by atoms with Crippen LogP contribution in [0.2, 0.25) is 0 Å². The van der Waals surface area contributed by atoms with E-state index in [1.165, 1.54) is 0 Å². The summed E-state index contributed by atoms with van der Waals surface area (Å²) < 4.78 is 11.1. The highest BCUT2D eigenvalue weighted by molar-refractivity contribution is 5.69. The summed E-state index contributed by atoms with van der Waals surface area (Å²) in [6, 6.07) is 0. The molecule has 2 atom stereocenters. The molecule has 0 heterocycles. The summed E-state index contributed by atoms with van der Waals surface area (Å²) in [6.07, 6.45) is 13.5. The molecule has 0 bridgehead atoms. The number of hydrogen-bond acceptors (Lipinski definition) is 4. The largest absolute Gasteiger partial charge is 0.461 e. The molecule has 0 saturated carbocycles. The lowest BCUT2D eigenvalue weighted by Gasteiger charge is -2.13. The Kier molecular flexibility index (Phi) is 20.9. The summed E-state index contributed by atoms with van der Waals surface area (Å²) in [4.78, 5) is 24.0. The van der Waals surface area contributed by atoms with E-state index >= 15 is 0 Å². The molecule has 0 amide bonds.